The summed E-state index contributed by atoms with van der Waals surface area (Å²) in [4.78, 5) is 4.83. The van der Waals surface area contributed by atoms with E-state index >= 15 is 0 Å². The van der Waals surface area contributed by atoms with Gasteiger partial charge in [-0.1, -0.05) is 42.5 Å². The molecule has 4 aromatic rings. The van der Waals surface area contributed by atoms with E-state index in [1.165, 1.54) is 12.5 Å². The molecule has 1 atom stereocenters. The molecule has 1 N–H and O–H groups in total. The van der Waals surface area contributed by atoms with Crippen LogP contribution in [-0.4, -0.2) is 46.0 Å². The minimum absolute atomic E-state index is 0.0923. The molecule has 0 spiro atoms. The Kier molecular flexibility index (Phi) is 7.29. The van der Waals surface area contributed by atoms with Crippen molar-refractivity contribution in [3.63, 3.8) is 0 Å². The Morgan fingerprint density at radius 1 is 0.892 bits per heavy atom. The first-order valence-electron chi connectivity index (χ1n) is 11.9. The van der Waals surface area contributed by atoms with Crippen molar-refractivity contribution in [2.24, 2.45) is 0 Å². The monoisotopic (exact) mass is 537 g/mol. The second-order valence-electron chi connectivity index (χ2n) is 10.0. The third kappa shape index (κ3) is 5.61. The number of hydrogen-bond donors (Lipinski definition) is 1. The van der Waals surface area contributed by atoms with E-state index in [-0.39, 0.29) is 17.4 Å². The highest BCUT2D eigenvalue weighted by Gasteiger charge is 2.33. The first-order valence-corrected chi connectivity index (χ1v) is 15.7. The summed E-state index contributed by atoms with van der Waals surface area (Å²) >= 11 is 0. The van der Waals surface area contributed by atoms with Gasteiger partial charge in [-0.15, -0.1) is 0 Å². The minimum atomic E-state index is -3.38. The summed E-state index contributed by atoms with van der Waals surface area (Å²) in [5, 5.41) is 11.0. The van der Waals surface area contributed by atoms with Gasteiger partial charge in [0.25, 0.3) is 0 Å². The van der Waals surface area contributed by atoms with Crippen molar-refractivity contribution in [3.05, 3.63) is 95.7 Å². The van der Waals surface area contributed by atoms with Gasteiger partial charge in [-0.05, 0) is 72.9 Å². The zero-order valence-corrected chi connectivity index (χ0v) is 23.0. The summed E-state index contributed by atoms with van der Waals surface area (Å²) in [6.45, 7) is 3.33. The molecule has 0 aliphatic heterocycles. The number of aliphatic hydroxyl groups is 1. The van der Waals surface area contributed by atoms with E-state index in [1.54, 1.807) is 44.3 Å². The van der Waals surface area contributed by atoms with Crippen LogP contribution in [0.3, 0.4) is 0 Å². The fourth-order valence-corrected chi connectivity index (χ4v) is 5.58. The summed E-state index contributed by atoms with van der Waals surface area (Å²) in [6.07, 6.45) is 4.68. The van der Waals surface area contributed by atoms with Crippen LogP contribution in [0.15, 0.2) is 83.9 Å². The number of benzene rings is 3. The maximum Gasteiger partial charge on any atom is 0.175 e. The molecule has 1 unspecified atom stereocenters. The normalized spacial score (nSPS) is 13.5. The number of hydrogen-bond acceptors (Lipinski definition) is 6. The Morgan fingerprint density at radius 3 is 2.22 bits per heavy atom. The number of pyridine rings is 1. The Labute approximate surface area is 218 Å². The van der Waals surface area contributed by atoms with Crippen LogP contribution in [0, 0.1) is 0 Å². The van der Waals surface area contributed by atoms with Crippen molar-refractivity contribution in [2.45, 2.75) is 35.8 Å². The molecule has 0 bridgehead atoms. The summed E-state index contributed by atoms with van der Waals surface area (Å²) in [7, 11) is -6.67. The Morgan fingerprint density at radius 2 is 1.59 bits per heavy atom. The SMILES string of the molecule is CC(C)(c1cc(-c2cccc(CC(CO)c3ccc(S(C)(=O)=O)cc3)c2)c2ncccc2c1)S(C)(=O)=O. The zero-order valence-electron chi connectivity index (χ0n) is 21.3. The summed E-state index contributed by atoms with van der Waals surface area (Å²) in [5.74, 6) is -0.214. The molecule has 194 valence electrons. The summed E-state index contributed by atoms with van der Waals surface area (Å²) < 4.78 is 47.7. The highest BCUT2D eigenvalue weighted by molar-refractivity contribution is 7.91. The van der Waals surface area contributed by atoms with Crippen molar-refractivity contribution in [1.82, 2.24) is 4.98 Å². The smallest absolute Gasteiger partial charge is 0.175 e. The lowest BCUT2D eigenvalue weighted by atomic mass is 9.90. The lowest BCUT2D eigenvalue weighted by Crippen LogP contribution is -2.28. The molecule has 1 aromatic heterocycles. The van der Waals surface area contributed by atoms with Crippen LogP contribution in [0.2, 0.25) is 0 Å². The highest BCUT2D eigenvalue weighted by atomic mass is 32.2. The summed E-state index contributed by atoms with van der Waals surface area (Å²) in [6, 6.07) is 22.1. The second kappa shape index (κ2) is 10.0. The van der Waals surface area contributed by atoms with Gasteiger partial charge in [-0.3, -0.25) is 4.98 Å². The van der Waals surface area contributed by atoms with Gasteiger partial charge in [0.15, 0.2) is 19.7 Å². The quantitative estimate of drug-likeness (QED) is 0.343. The molecular weight excluding hydrogens is 506 g/mol. The zero-order chi connectivity index (χ0) is 27.0. The lowest BCUT2D eigenvalue weighted by molar-refractivity contribution is 0.264. The number of rotatable bonds is 8. The molecule has 0 fully saturated rings. The summed E-state index contributed by atoms with van der Waals surface area (Å²) in [5.41, 5.74) is 5.05. The number of aliphatic hydroxyl groups excluding tert-OH is 1. The first kappa shape index (κ1) is 27.0. The standard InChI is InChI=1S/C29H31NO5S2/c1-29(2,37(4,34)35)25-17-23-9-6-14-30-28(23)27(18-25)22-8-5-7-20(15-22)16-24(19-31)21-10-12-26(13-11-21)36(3,32)33/h5-15,17-18,24,31H,16,19H2,1-4H3. The molecule has 4 rings (SSSR count). The molecule has 6 nitrogen and oxygen atoms in total. The van der Waals surface area contributed by atoms with Gasteiger partial charge in [-0.2, -0.15) is 0 Å². The van der Waals surface area contributed by atoms with E-state index in [9.17, 15) is 21.9 Å². The number of aromatic nitrogens is 1. The van der Waals surface area contributed by atoms with Crippen LogP contribution in [0.5, 0.6) is 0 Å². The van der Waals surface area contributed by atoms with Gasteiger partial charge in [0.05, 0.1) is 21.8 Å². The third-order valence-electron chi connectivity index (χ3n) is 7.05. The fourth-order valence-electron chi connectivity index (χ4n) is 4.40. The van der Waals surface area contributed by atoms with E-state index in [0.717, 1.165) is 33.2 Å². The highest BCUT2D eigenvalue weighted by Crippen LogP contribution is 2.37. The van der Waals surface area contributed by atoms with Crippen molar-refractivity contribution in [2.75, 3.05) is 19.1 Å². The van der Waals surface area contributed by atoms with Crippen LogP contribution in [-0.2, 0) is 30.8 Å². The molecule has 0 saturated carbocycles. The average molecular weight is 538 g/mol. The van der Waals surface area contributed by atoms with Crippen molar-refractivity contribution in [1.29, 1.82) is 0 Å². The van der Waals surface area contributed by atoms with E-state index < -0.39 is 24.4 Å². The van der Waals surface area contributed by atoms with E-state index in [4.69, 9.17) is 0 Å². The maximum atomic E-state index is 12.6. The lowest BCUT2D eigenvalue weighted by Gasteiger charge is -2.24. The van der Waals surface area contributed by atoms with Crippen LogP contribution in [0.4, 0.5) is 0 Å². The molecule has 3 aromatic carbocycles. The third-order valence-corrected chi connectivity index (χ3v) is 10.3. The minimum Gasteiger partial charge on any atom is -0.396 e. The largest absolute Gasteiger partial charge is 0.396 e. The van der Waals surface area contributed by atoms with Crippen LogP contribution < -0.4 is 0 Å². The predicted octanol–water partition coefficient (Wildman–Crippen LogP) is 4.90. The molecule has 0 amide bonds. The van der Waals surface area contributed by atoms with Crippen LogP contribution >= 0.6 is 0 Å². The Balaban J connectivity index is 1.75. The maximum absolute atomic E-state index is 12.6. The van der Waals surface area contributed by atoms with Crippen molar-refractivity contribution < 1.29 is 21.9 Å². The van der Waals surface area contributed by atoms with Gasteiger partial charge in [0, 0.05) is 35.6 Å². The second-order valence-corrected chi connectivity index (χ2v) is 14.6. The van der Waals surface area contributed by atoms with Gasteiger partial charge in [0.2, 0.25) is 0 Å². The molecule has 0 aliphatic carbocycles. The molecular formula is C29H31NO5S2. The Hall–Kier alpha value is -3.07. The molecule has 1 heterocycles. The van der Waals surface area contributed by atoms with Crippen molar-refractivity contribution in [3.8, 4) is 11.1 Å². The molecule has 0 radical (unpaired) electrons. The van der Waals surface area contributed by atoms with E-state index in [2.05, 4.69) is 4.98 Å². The first-order chi connectivity index (χ1) is 17.3. The van der Waals surface area contributed by atoms with Crippen LogP contribution in [0.1, 0.15) is 36.5 Å². The average Bonchev–Trinajstić information content (AvgIpc) is 2.85. The predicted molar refractivity (Wildman–Crippen MR) is 148 cm³/mol. The van der Waals surface area contributed by atoms with E-state index in [0.29, 0.717) is 12.0 Å². The number of fused-ring (bicyclic) bond motifs is 1. The fraction of sp³-hybridized carbons (Fsp3) is 0.276. The molecule has 0 aliphatic rings. The van der Waals surface area contributed by atoms with E-state index in [1.807, 2.05) is 48.5 Å². The van der Waals surface area contributed by atoms with Crippen molar-refractivity contribution >= 4 is 30.6 Å². The molecule has 8 heteroatoms. The van der Waals surface area contributed by atoms with Crippen LogP contribution in [0.25, 0.3) is 22.0 Å². The van der Waals surface area contributed by atoms with Gasteiger partial charge < -0.3 is 5.11 Å². The Bertz CT molecular complexity index is 1660. The molecule has 37 heavy (non-hydrogen) atoms. The molecule has 0 saturated heterocycles. The number of nitrogens with zero attached hydrogens (tertiary/aromatic N) is 1. The van der Waals surface area contributed by atoms with Gasteiger partial charge >= 0.3 is 0 Å². The topological polar surface area (TPSA) is 101 Å². The number of sulfone groups is 2. The van der Waals surface area contributed by atoms with Gasteiger partial charge in [0.1, 0.15) is 0 Å². The van der Waals surface area contributed by atoms with Gasteiger partial charge in [-0.25, -0.2) is 16.8 Å².